The van der Waals surface area contributed by atoms with Crippen molar-refractivity contribution in [2.45, 2.75) is 56.5 Å². The first-order chi connectivity index (χ1) is 17.6. The molecule has 2 aliphatic carbocycles. The number of carboxylic acids is 1. The van der Waals surface area contributed by atoms with E-state index in [0.29, 0.717) is 42.7 Å². The Bertz CT molecular complexity index is 1170. The Morgan fingerprint density at radius 3 is 2.30 bits per heavy atom. The topological polar surface area (TPSA) is 75.6 Å². The number of ether oxygens (including phenoxy) is 1. The molecule has 0 bridgehead atoms. The van der Waals surface area contributed by atoms with Crippen molar-refractivity contribution in [2.75, 3.05) is 18.5 Å². The van der Waals surface area contributed by atoms with Crippen LogP contribution in [0.2, 0.25) is 0 Å². The Balaban J connectivity index is 1.31. The monoisotopic (exact) mass is 519 g/mol. The van der Waals surface area contributed by atoms with Gasteiger partial charge in [0.25, 0.3) is 0 Å². The second-order valence-corrected chi connectivity index (χ2v) is 10.6. The van der Waals surface area contributed by atoms with Gasteiger partial charge in [-0.15, -0.1) is 0 Å². The maximum atomic E-state index is 14.3. The van der Waals surface area contributed by atoms with Crippen LogP contribution in [0.15, 0.2) is 42.5 Å². The number of hydrogen-bond acceptors (Lipinski definition) is 3. The van der Waals surface area contributed by atoms with E-state index in [1.165, 1.54) is 5.56 Å². The number of hydrogen-bond donors (Lipinski definition) is 2. The zero-order chi connectivity index (χ0) is 26.4. The summed E-state index contributed by atoms with van der Waals surface area (Å²) in [5, 5.41) is 12.4. The Hall–Kier alpha value is -2.94. The van der Waals surface area contributed by atoms with E-state index in [-0.39, 0.29) is 0 Å². The normalized spacial score (nSPS) is 27.0. The molecular weight excluding hydrogens is 490 g/mol. The molecule has 4 atom stereocenters. The molecule has 5 rings (SSSR count). The van der Waals surface area contributed by atoms with E-state index in [9.17, 15) is 32.3 Å². The number of carbonyl (C=O) groups excluding carboxylic acids is 1. The Labute approximate surface area is 212 Å². The molecule has 1 saturated heterocycles. The zero-order valence-corrected chi connectivity index (χ0v) is 20.2. The summed E-state index contributed by atoms with van der Waals surface area (Å²) in [5.74, 6) is -4.92. The molecular formula is C28H29F4NO4. The third-order valence-electron chi connectivity index (χ3n) is 8.52. The van der Waals surface area contributed by atoms with Crippen molar-refractivity contribution < 1.29 is 37.0 Å². The minimum atomic E-state index is -4.71. The standard InChI is InChI=1S/C28H29F4NO4/c29-22-14-18(28(30,31)32)8-9-23(22)33-25(34)20-3-1-2-19(24(20)26(35)36)16-4-6-17(7-5-16)21-15-27(21)10-12-37-13-11-27/h4-9,14,19-21,24H,1-3,10-13,15H2,(H,33,34)(H,35,36)/t19-,20-,21+,24-/m1/s1. The molecule has 0 radical (unpaired) electrons. The van der Waals surface area contributed by atoms with Crippen LogP contribution in [-0.2, 0) is 20.5 Å². The van der Waals surface area contributed by atoms with Gasteiger partial charge >= 0.3 is 12.1 Å². The molecule has 1 aliphatic heterocycles. The van der Waals surface area contributed by atoms with Crippen LogP contribution in [0.4, 0.5) is 23.2 Å². The van der Waals surface area contributed by atoms with Gasteiger partial charge in [0.1, 0.15) is 5.82 Å². The van der Waals surface area contributed by atoms with Gasteiger partial charge < -0.3 is 15.2 Å². The summed E-state index contributed by atoms with van der Waals surface area (Å²) < 4.78 is 58.3. The molecule has 2 saturated carbocycles. The number of amides is 1. The van der Waals surface area contributed by atoms with Gasteiger partial charge in [-0.1, -0.05) is 30.7 Å². The summed E-state index contributed by atoms with van der Waals surface area (Å²) >= 11 is 0. The first-order valence-electron chi connectivity index (χ1n) is 12.7. The summed E-state index contributed by atoms with van der Waals surface area (Å²) in [6.07, 6.45) is 0.0363. The number of carbonyl (C=O) groups is 2. The summed E-state index contributed by atoms with van der Waals surface area (Å²) in [6, 6.07) is 9.89. The van der Waals surface area contributed by atoms with Crippen molar-refractivity contribution in [3.05, 3.63) is 65.0 Å². The predicted molar refractivity (Wildman–Crippen MR) is 128 cm³/mol. The van der Waals surface area contributed by atoms with Crippen molar-refractivity contribution in [3.63, 3.8) is 0 Å². The molecule has 5 nitrogen and oxygen atoms in total. The fourth-order valence-corrected chi connectivity index (χ4v) is 6.35. The maximum Gasteiger partial charge on any atom is 0.416 e. The summed E-state index contributed by atoms with van der Waals surface area (Å²) in [6.45, 7) is 1.58. The van der Waals surface area contributed by atoms with Crippen LogP contribution in [0.5, 0.6) is 0 Å². The zero-order valence-electron chi connectivity index (χ0n) is 20.2. The molecule has 1 spiro atoms. The molecule has 37 heavy (non-hydrogen) atoms. The van der Waals surface area contributed by atoms with Gasteiger partial charge in [0, 0.05) is 13.2 Å². The fraction of sp³-hybridized carbons (Fsp3) is 0.500. The number of anilines is 1. The largest absolute Gasteiger partial charge is 0.481 e. The van der Waals surface area contributed by atoms with Crippen molar-refractivity contribution >= 4 is 17.6 Å². The van der Waals surface area contributed by atoms with Crippen molar-refractivity contribution in [2.24, 2.45) is 17.3 Å². The van der Waals surface area contributed by atoms with Crippen LogP contribution in [0.1, 0.15) is 67.1 Å². The number of benzene rings is 2. The van der Waals surface area contributed by atoms with E-state index in [2.05, 4.69) is 17.4 Å². The molecule has 3 aliphatic rings. The van der Waals surface area contributed by atoms with Crippen LogP contribution in [0.3, 0.4) is 0 Å². The van der Waals surface area contributed by atoms with E-state index in [0.717, 1.165) is 44.1 Å². The second-order valence-electron chi connectivity index (χ2n) is 10.6. The van der Waals surface area contributed by atoms with Crippen LogP contribution < -0.4 is 5.32 Å². The third-order valence-corrected chi connectivity index (χ3v) is 8.52. The number of aliphatic carboxylic acids is 1. The molecule has 198 valence electrons. The first kappa shape index (κ1) is 25.7. The highest BCUT2D eigenvalue weighted by Crippen LogP contribution is 2.64. The number of halogens is 4. The van der Waals surface area contributed by atoms with Gasteiger partial charge in [0.15, 0.2) is 0 Å². The Morgan fingerprint density at radius 2 is 1.68 bits per heavy atom. The quantitative estimate of drug-likeness (QED) is 0.452. The molecule has 1 amide bonds. The van der Waals surface area contributed by atoms with Gasteiger partial charge in [-0.05, 0) is 78.7 Å². The summed E-state index contributed by atoms with van der Waals surface area (Å²) in [5.41, 5.74) is 0.836. The fourth-order valence-electron chi connectivity index (χ4n) is 6.35. The maximum absolute atomic E-state index is 14.3. The first-order valence-corrected chi connectivity index (χ1v) is 12.7. The molecule has 2 N–H and O–H groups in total. The number of nitrogens with one attached hydrogen (secondary N) is 1. The van der Waals surface area contributed by atoms with Crippen molar-refractivity contribution in [1.82, 2.24) is 0 Å². The van der Waals surface area contributed by atoms with Crippen LogP contribution in [0.25, 0.3) is 0 Å². The number of alkyl halides is 3. The van der Waals surface area contributed by atoms with E-state index < -0.39 is 52.9 Å². The molecule has 0 unspecified atom stereocenters. The molecule has 0 aromatic heterocycles. The van der Waals surface area contributed by atoms with Crippen molar-refractivity contribution in [1.29, 1.82) is 0 Å². The van der Waals surface area contributed by atoms with Gasteiger partial charge in [0.2, 0.25) is 5.91 Å². The highest BCUT2D eigenvalue weighted by molar-refractivity contribution is 5.95. The van der Waals surface area contributed by atoms with Gasteiger partial charge in [-0.2, -0.15) is 13.2 Å². The van der Waals surface area contributed by atoms with E-state index in [4.69, 9.17) is 4.74 Å². The SMILES string of the molecule is O=C(O)[C@@H]1[C@@H](c2ccc([C@@H]3CC34CCOCC4)cc2)CCC[C@H]1C(=O)Nc1ccc(C(F)(F)F)cc1F. The molecule has 3 fully saturated rings. The van der Waals surface area contributed by atoms with Crippen molar-refractivity contribution in [3.8, 4) is 0 Å². The molecule has 9 heteroatoms. The number of rotatable bonds is 5. The van der Waals surface area contributed by atoms with E-state index in [1.807, 2.05) is 12.1 Å². The minimum Gasteiger partial charge on any atom is -0.481 e. The van der Waals surface area contributed by atoms with Gasteiger partial charge in [-0.25, -0.2) is 4.39 Å². The lowest BCUT2D eigenvalue weighted by atomic mass is 9.69. The van der Waals surface area contributed by atoms with Crippen LogP contribution in [0, 0.1) is 23.1 Å². The average molecular weight is 520 g/mol. The highest BCUT2D eigenvalue weighted by Gasteiger charge is 2.54. The lowest BCUT2D eigenvalue weighted by Crippen LogP contribution is -2.40. The minimum absolute atomic E-state index is 0.298. The lowest BCUT2D eigenvalue weighted by molar-refractivity contribution is -0.148. The Morgan fingerprint density at radius 1 is 1.00 bits per heavy atom. The summed E-state index contributed by atoms with van der Waals surface area (Å²) in [7, 11) is 0. The summed E-state index contributed by atoms with van der Waals surface area (Å²) in [4.78, 5) is 25.4. The third kappa shape index (κ3) is 5.10. The smallest absolute Gasteiger partial charge is 0.416 e. The van der Waals surface area contributed by atoms with Crippen LogP contribution in [-0.4, -0.2) is 30.2 Å². The Kier molecular flexibility index (Phi) is 6.77. The number of carboxylic acid groups (broad SMARTS) is 1. The van der Waals surface area contributed by atoms with Gasteiger partial charge in [0.05, 0.1) is 23.1 Å². The lowest BCUT2D eigenvalue weighted by Gasteiger charge is -2.35. The van der Waals surface area contributed by atoms with Gasteiger partial charge in [-0.3, -0.25) is 9.59 Å². The highest BCUT2D eigenvalue weighted by atomic mass is 19.4. The van der Waals surface area contributed by atoms with E-state index in [1.54, 1.807) is 0 Å². The second kappa shape index (κ2) is 9.74. The molecule has 1 heterocycles. The molecule has 2 aromatic rings. The molecule has 2 aromatic carbocycles. The average Bonchev–Trinajstić information content (AvgIpc) is 3.56. The predicted octanol–water partition coefficient (Wildman–Crippen LogP) is 6.35. The van der Waals surface area contributed by atoms with Crippen LogP contribution >= 0.6 is 0 Å². The van der Waals surface area contributed by atoms with E-state index >= 15 is 0 Å².